The number of carbonyl (C=O) groups excluding carboxylic acids is 1. The van der Waals surface area contributed by atoms with Crippen LogP contribution in [0.2, 0.25) is 5.02 Å². The van der Waals surface area contributed by atoms with Crippen molar-refractivity contribution >= 4 is 34.6 Å². The lowest BCUT2D eigenvalue weighted by Gasteiger charge is -2.20. The van der Waals surface area contributed by atoms with E-state index >= 15 is 0 Å². The van der Waals surface area contributed by atoms with Crippen molar-refractivity contribution in [2.45, 2.75) is 50.5 Å². The van der Waals surface area contributed by atoms with Gasteiger partial charge in [-0.15, -0.1) is 21.5 Å². The lowest BCUT2D eigenvalue weighted by molar-refractivity contribution is -0.135. The second-order valence-electron chi connectivity index (χ2n) is 10.0. The molecule has 35 heavy (non-hydrogen) atoms. The molecule has 1 saturated carbocycles. The van der Waals surface area contributed by atoms with E-state index in [9.17, 15) is 13.6 Å². The number of fused-ring (bicyclic) bond motifs is 6. The molecule has 10 heteroatoms. The fourth-order valence-electron chi connectivity index (χ4n) is 5.71. The predicted octanol–water partition coefficient (Wildman–Crippen LogP) is 4.71. The second kappa shape index (κ2) is 7.20. The Morgan fingerprint density at radius 1 is 1.17 bits per heavy atom. The Kier molecular flexibility index (Phi) is 4.44. The summed E-state index contributed by atoms with van der Waals surface area (Å²) in [5.41, 5.74) is 3.31. The predicted molar refractivity (Wildman–Crippen MR) is 129 cm³/mol. The fraction of sp³-hybridized carbons (Fsp3) is 0.440. The van der Waals surface area contributed by atoms with Gasteiger partial charge in [0.1, 0.15) is 16.4 Å². The molecule has 0 unspecified atom stereocenters. The van der Waals surface area contributed by atoms with Crippen molar-refractivity contribution in [3.63, 3.8) is 0 Å². The average Bonchev–Trinajstić information content (AvgIpc) is 3.10. The van der Waals surface area contributed by atoms with Gasteiger partial charge in [0.2, 0.25) is 5.91 Å². The van der Waals surface area contributed by atoms with Gasteiger partial charge >= 0.3 is 0 Å². The summed E-state index contributed by atoms with van der Waals surface area (Å²) in [6.07, 6.45) is 2.57. The van der Waals surface area contributed by atoms with Gasteiger partial charge < -0.3 is 4.90 Å². The highest BCUT2D eigenvalue weighted by atomic mass is 35.5. The van der Waals surface area contributed by atoms with Crippen molar-refractivity contribution in [3.8, 4) is 5.00 Å². The number of nitrogens with zero attached hydrogens (tertiary/aromatic N) is 5. The second-order valence-corrected chi connectivity index (χ2v) is 11.5. The van der Waals surface area contributed by atoms with Gasteiger partial charge in [-0.3, -0.25) is 14.4 Å². The quantitative estimate of drug-likeness (QED) is 0.498. The third kappa shape index (κ3) is 3.17. The summed E-state index contributed by atoms with van der Waals surface area (Å²) in [5.74, 6) is -1.65. The normalized spacial score (nSPS) is 23.0. The SMILES string of the molecule is Cc1nnc2n1-c1sc3c(c1C(c1ccccc1Cl)=NC21CC1)C[C@H](C(=O)N1CCC(F)(F)C1)C3. The Balaban J connectivity index is 1.36. The highest BCUT2D eigenvalue weighted by Gasteiger charge is 2.52. The van der Waals surface area contributed by atoms with Gasteiger partial charge in [0.15, 0.2) is 5.82 Å². The number of aryl methyl sites for hydroxylation is 1. The van der Waals surface area contributed by atoms with Crippen molar-refractivity contribution in [1.82, 2.24) is 19.7 Å². The van der Waals surface area contributed by atoms with Gasteiger partial charge in [0, 0.05) is 39.9 Å². The smallest absolute Gasteiger partial charge is 0.267 e. The minimum atomic E-state index is -2.79. The van der Waals surface area contributed by atoms with Crippen molar-refractivity contribution < 1.29 is 13.6 Å². The number of carbonyl (C=O) groups is 1. The van der Waals surface area contributed by atoms with Crippen LogP contribution in [0.3, 0.4) is 0 Å². The number of alkyl halides is 2. The number of likely N-dealkylation sites (tertiary alicyclic amines) is 1. The minimum Gasteiger partial charge on any atom is -0.336 e. The number of aliphatic imine (C=N–C) groups is 1. The van der Waals surface area contributed by atoms with Gasteiger partial charge in [-0.25, -0.2) is 8.78 Å². The Morgan fingerprint density at radius 3 is 2.69 bits per heavy atom. The third-order valence-electron chi connectivity index (χ3n) is 7.64. The van der Waals surface area contributed by atoms with E-state index in [2.05, 4.69) is 14.8 Å². The molecule has 1 aromatic carbocycles. The van der Waals surface area contributed by atoms with E-state index in [4.69, 9.17) is 16.6 Å². The number of aromatic nitrogens is 3. The van der Waals surface area contributed by atoms with Crippen LogP contribution >= 0.6 is 22.9 Å². The molecule has 180 valence electrons. The summed E-state index contributed by atoms with van der Waals surface area (Å²) in [5, 5.41) is 10.5. The van der Waals surface area contributed by atoms with Crippen LogP contribution in [0, 0.1) is 12.8 Å². The van der Waals surface area contributed by atoms with Crippen LogP contribution < -0.4 is 0 Å². The van der Waals surface area contributed by atoms with E-state index in [1.807, 2.05) is 31.2 Å². The summed E-state index contributed by atoms with van der Waals surface area (Å²) >= 11 is 8.31. The molecule has 0 bridgehead atoms. The molecule has 1 saturated heterocycles. The lowest BCUT2D eigenvalue weighted by atomic mass is 9.97. The molecule has 1 spiro atoms. The highest BCUT2D eigenvalue weighted by molar-refractivity contribution is 7.15. The molecule has 6 nitrogen and oxygen atoms in total. The average molecular weight is 514 g/mol. The van der Waals surface area contributed by atoms with E-state index < -0.39 is 18.0 Å². The number of thiophene rings is 1. The highest BCUT2D eigenvalue weighted by Crippen LogP contribution is 2.54. The summed E-state index contributed by atoms with van der Waals surface area (Å²) in [6.45, 7) is 1.58. The fourth-order valence-corrected chi connectivity index (χ4v) is 7.39. The first-order valence-corrected chi connectivity index (χ1v) is 13.0. The first-order valence-electron chi connectivity index (χ1n) is 11.9. The maximum absolute atomic E-state index is 13.8. The van der Waals surface area contributed by atoms with Crippen molar-refractivity contribution in [3.05, 3.63) is 62.5 Å². The van der Waals surface area contributed by atoms with Gasteiger partial charge in [-0.2, -0.15) is 0 Å². The molecular weight excluding hydrogens is 492 g/mol. The van der Waals surface area contributed by atoms with E-state index in [0.29, 0.717) is 17.9 Å². The molecule has 7 rings (SSSR count). The van der Waals surface area contributed by atoms with Crippen LogP contribution in [0.5, 0.6) is 0 Å². The molecule has 0 N–H and O–H groups in total. The zero-order chi connectivity index (χ0) is 24.1. The summed E-state index contributed by atoms with van der Waals surface area (Å²) < 4.78 is 29.7. The van der Waals surface area contributed by atoms with Gasteiger partial charge in [-0.05, 0) is 44.2 Å². The number of hydrogen-bond acceptors (Lipinski definition) is 5. The topological polar surface area (TPSA) is 63.4 Å². The third-order valence-corrected chi connectivity index (χ3v) is 9.21. The first-order chi connectivity index (χ1) is 16.8. The molecule has 4 heterocycles. The van der Waals surface area contributed by atoms with Gasteiger partial charge in [-0.1, -0.05) is 29.8 Å². The van der Waals surface area contributed by atoms with Crippen molar-refractivity contribution in [1.29, 1.82) is 0 Å². The molecule has 2 aliphatic carbocycles. The molecule has 2 aliphatic heterocycles. The molecule has 1 amide bonds. The van der Waals surface area contributed by atoms with Gasteiger partial charge in [0.25, 0.3) is 5.92 Å². The monoisotopic (exact) mass is 513 g/mol. The van der Waals surface area contributed by atoms with E-state index in [1.54, 1.807) is 11.3 Å². The number of benzene rings is 1. The molecule has 2 fully saturated rings. The van der Waals surface area contributed by atoms with Crippen LogP contribution in [-0.4, -0.2) is 50.3 Å². The standard InChI is InChI=1S/C25H22ClF2N5OS/c1-13-30-31-23-24(6-7-24)29-20(15-4-2-3-5-17(15)26)19-16-10-14(11-18(16)35-22(19)33(13)23)21(34)32-9-8-25(27,28)12-32/h2-5,14H,6-12H2,1H3/t14-/m0/s1. The number of hydrogen-bond donors (Lipinski definition) is 0. The molecule has 4 aliphatic rings. The van der Waals surface area contributed by atoms with Crippen molar-refractivity contribution in [2.24, 2.45) is 10.9 Å². The minimum absolute atomic E-state index is 0.117. The van der Waals surface area contributed by atoms with Crippen LogP contribution in [0.1, 0.15) is 52.5 Å². The number of rotatable bonds is 2. The van der Waals surface area contributed by atoms with Crippen LogP contribution in [0.4, 0.5) is 8.78 Å². The zero-order valence-corrected chi connectivity index (χ0v) is 20.6. The van der Waals surface area contributed by atoms with E-state index in [1.165, 1.54) is 4.90 Å². The van der Waals surface area contributed by atoms with Crippen LogP contribution in [-0.2, 0) is 23.2 Å². The first kappa shape index (κ1) is 21.6. The lowest BCUT2D eigenvalue weighted by Crippen LogP contribution is -2.36. The molecular formula is C25H22ClF2N5OS. The van der Waals surface area contributed by atoms with E-state index in [-0.39, 0.29) is 24.8 Å². The molecule has 0 radical (unpaired) electrons. The largest absolute Gasteiger partial charge is 0.336 e. The number of amides is 1. The molecule has 3 aromatic rings. The van der Waals surface area contributed by atoms with Gasteiger partial charge in [0.05, 0.1) is 12.3 Å². The zero-order valence-electron chi connectivity index (χ0n) is 19.0. The Hall–Kier alpha value is -2.65. The van der Waals surface area contributed by atoms with E-state index in [0.717, 1.165) is 56.8 Å². The van der Waals surface area contributed by atoms with Crippen molar-refractivity contribution in [2.75, 3.05) is 13.1 Å². The molecule has 2 aromatic heterocycles. The Labute approximate surface area is 209 Å². The Morgan fingerprint density at radius 2 is 1.97 bits per heavy atom. The summed E-state index contributed by atoms with van der Waals surface area (Å²) in [6, 6.07) is 7.69. The summed E-state index contributed by atoms with van der Waals surface area (Å²) in [7, 11) is 0. The molecule has 1 atom stereocenters. The Bertz CT molecular complexity index is 1440. The maximum Gasteiger partial charge on any atom is 0.267 e. The number of halogens is 3. The van der Waals surface area contributed by atoms with Crippen LogP contribution in [0.25, 0.3) is 5.00 Å². The summed E-state index contributed by atoms with van der Waals surface area (Å²) in [4.78, 5) is 20.9. The maximum atomic E-state index is 13.8. The van der Waals surface area contributed by atoms with Crippen LogP contribution in [0.15, 0.2) is 29.3 Å².